The normalized spacial score (nSPS) is 31.1. The maximum Gasteiger partial charge on any atom is 0.136 e. The van der Waals surface area contributed by atoms with Crippen LogP contribution in [0, 0.1) is 46.3 Å². The number of hydrogen-bond acceptors (Lipinski definition) is 2. The van der Waals surface area contributed by atoms with Gasteiger partial charge in [-0.05, 0) is 37.5 Å². The second-order valence-electron chi connectivity index (χ2n) is 4.32. The molecule has 0 aromatic rings. The van der Waals surface area contributed by atoms with Crippen LogP contribution in [0.15, 0.2) is 12.2 Å². The zero-order valence-corrected chi connectivity index (χ0v) is 8.83. The molecule has 0 spiro atoms. The fraction of sp³-hybridized carbons (Fsp3) is 0.667. The lowest BCUT2D eigenvalue weighted by atomic mass is 9.78. The minimum absolute atomic E-state index is 0.197. The average Bonchev–Trinajstić information content (AvgIpc) is 2.51. The topological polar surface area (TPSA) is 47.6 Å². The maximum absolute atomic E-state index is 8.90. The molecule has 3 atom stereocenters. The van der Waals surface area contributed by atoms with Gasteiger partial charge in [-0.1, -0.05) is 19.1 Å². The van der Waals surface area contributed by atoms with Gasteiger partial charge in [-0.15, -0.1) is 0 Å². The van der Waals surface area contributed by atoms with Crippen molar-refractivity contribution in [1.29, 1.82) is 10.5 Å². The van der Waals surface area contributed by atoms with Gasteiger partial charge in [0.1, 0.15) is 5.92 Å². The van der Waals surface area contributed by atoms with E-state index in [1.165, 1.54) is 0 Å². The van der Waals surface area contributed by atoms with Gasteiger partial charge in [-0.3, -0.25) is 0 Å². The third-order valence-corrected chi connectivity index (χ3v) is 3.35. The molecule has 0 bridgehead atoms. The van der Waals surface area contributed by atoms with E-state index in [2.05, 4.69) is 25.6 Å². The monoisotopic (exact) mass is 188 g/mol. The average molecular weight is 188 g/mol. The van der Waals surface area contributed by atoms with Crippen LogP contribution < -0.4 is 0 Å². The molecule has 0 amide bonds. The van der Waals surface area contributed by atoms with Gasteiger partial charge >= 0.3 is 0 Å². The predicted molar refractivity (Wildman–Crippen MR) is 54.9 cm³/mol. The summed E-state index contributed by atoms with van der Waals surface area (Å²) in [7, 11) is 0. The van der Waals surface area contributed by atoms with E-state index in [1.807, 2.05) is 6.92 Å². The SMILES string of the molecule is C=C(C)C1CCC(C)C1C(C#N)C#N. The molecule has 74 valence electrons. The Balaban J connectivity index is 2.88. The first-order chi connectivity index (χ1) is 6.61. The van der Waals surface area contributed by atoms with Crippen molar-refractivity contribution in [2.24, 2.45) is 23.7 Å². The first-order valence-electron chi connectivity index (χ1n) is 5.06. The van der Waals surface area contributed by atoms with Crippen molar-refractivity contribution < 1.29 is 0 Å². The summed E-state index contributed by atoms with van der Waals surface area (Å²) in [6, 6.07) is 4.21. The number of nitrogens with zero attached hydrogens (tertiary/aromatic N) is 2. The summed E-state index contributed by atoms with van der Waals surface area (Å²) in [5.74, 6) is 0.576. The lowest BCUT2D eigenvalue weighted by molar-refractivity contribution is 0.320. The molecule has 2 heteroatoms. The largest absolute Gasteiger partial charge is 0.197 e. The van der Waals surface area contributed by atoms with Gasteiger partial charge in [0.05, 0.1) is 12.1 Å². The summed E-state index contributed by atoms with van der Waals surface area (Å²) >= 11 is 0. The molecule has 1 saturated carbocycles. The van der Waals surface area contributed by atoms with Gasteiger partial charge in [0.2, 0.25) is 0 Å². The summed E-state index contributed by atoms with van der Waals surface area (Å²) in [5, 5.41) is 17.8. The maximum atomic E-state index is 8.90. The van der Waals surface area contributed by atoms with Crippen LogP contribution in [-0.4, -0.2) is 0 Å². The number of hydrogen-bond donors (Lipinski definition) is 0. The molecule has 1 aliphatic carbocycles. The van der Waals surface area contributed by atoms with Crippen molar-refractivity contribution in [2.75, 3.05) is 0 Å². The highest BCUT2D eigenvalue weighted by molar-refractivity contribution is 5.13. The highest BCUT2D eigenvalue weighted by Crippen LogP contribution is 2.44. The fourth-order valence-corrected chi connectivity index (χ4v) is 2.56. The van der Waals surface area contributed by atoms with Gasteiger partial charge in [-0.2, -0.15) is 10.5 Å². The Bertz CT molecular complexity index is 291. The van der Waals surface area contributed by atoms with Crippen LogP contribution in [0.2, 0.25) is 0 Å². The van der Waals surface area contributed by atoms with E-state index < -0.39 is 5.92 Å². The van der Waals surface area contributed by atoms with Crippen LogP contribution in [-0.2, 0) is 0 Å². The first kappa shape index (κ1) is 10.8. The molecule has 1 fully saturated rings. The minimum atomic E-state index is -0.464. The molecule has 1 aliphatic rings. The zero-order valence-electron chi connectivity index (χ0n) is 8.83. The van der Waals surface area contributed by atoms with Crippen molar-refractivity contribution in [3.05, 3.63) is 12.2 Å². The van der Waals surface area contributed by atoms with Crippen molar-refractivity contribution in [3.63, 3.8) is 0 Å². The number of nitriles is 2. The lowest BCUT2D eigenvalue weighted by Gasteiger charge is -2.23. The van der Waals surface area contributed by atoms with E-state index in [4.69, 9.17) is 10.5 Å². The van der Waals surface area contributed by atoms with Crippen LogP contribution in [0.1, 0.15) is 26.7 Å². The van der Waals surface area contributed by atoms with E-state index in [0.29, 0.717) is 11.8 Å². The molecular weight excluding hydrogens is 172 g/mol. The van der Waals surface area contributed by atoms with Crippen LogP contribution >= 0.6 is 0 Å². The van der Waals surface area contributed by atoms with Gasteiger partial charge in [0.15, 0.2) is 0 Å². The highest BCUT2D eigenvalue weighted by atomic mass is 14.4. The molecule has 1 rings (SSSR count). The van der Waals surface area contributed by atoms with E-state index >= 15 is 0 Å². The lowest BCUT2D eigenvalue weighted by Crippen LogP contribution is -2.21. The summed E-state index contributed by atoms with van der Waals surface area (Å²) < 4.78 is 0. The van der Waals surface area contributed by atoms with Crippen molar-refractivity contribution >= 4 is 0 Å². The first-order valence-corrected chi connectivity index (χ1v) is 5.06. The third-order valence-electron chi connectivity index (χ3n) is 3.35. The van der Waals surface area contributed by atoms with Crippen LogP contribution in [0.3, 0.4) is 0 Å². The minimum Gasteiger partial charge on any atom is -0.197 e. The standard InChI is InChI=1S/C12H16N2/c1-8(2)11-5-4-9(3)12(11)10(6-13)7-14/h9-12H,1,4-5H2,2-3H3. The second-order valence-corrected chi connectivity index (χ2v) is 4.32. The van der Waals surface area contributed by atoms with E-state index in [9.17, 15) is 0 Å². The van der Waals surface area contributed by atoms with Crippen molar-refractivity contribution in [2.45, 2.75) is 26.7 Å². The van der Waals surface area contributed by atoms with Crippen LogP contribution in [0.5, 0.6) is 0 Å². The quantitative estimate of drug-likeness (QED) is 0.625. The highest BCUT2D eigenvalue weighted by Gasteiger charge is 2.39. The molecule has 0 aliphatic heterocycles. The predicted octanol–water partition coefficient (Wildman–Crippen LogP) is 2.89. The Morgan fingerprint density at radius 3 is 2.36 bits per heavy atom. The Labute approximate surface area is 85.8 Å². The van der Waals surface area contributed by atoms with Gasteiger partial charge < -0.3 is 0 Å². The van der Waals surface area contributed by atoms with E-state index in [-0.39, 0.29) is 5.92 Å². The van der Waals surface area contributed by atoms with E-state index in [1.54, 1.807) is 0 Å². The third kappa shape index (κ3) is 1.80. The molecule has 0 aromatic heterocycles. The molecule has 2 nitrogen and oxygen atoms in total. The molecule has 0 aromatic carbocycles. The van der Waals surface area contributed by atoms with Gasteiger partial charge in [0, 0.05) is 0 Å². The van der Waals surface area contributed by atoms with Crippen LogP contribution in [0.25, 0.3) is 0 Å². The fourth-order valence-electron chi connectivity index (χ4n) is 2.56. The molecule has 0 heterocycles. The molecule has 14 heavy (non-hydrogen) atoms. The smallest absolute Gasteiger partial charge is 0.136 e. The van der Waals surface area contributed by atoms with E-state index in [0.717, 1.165) is 18.4 Å². The van der Waals surface area contributed by atoms with Crippen molar-refractivity contribution in [1.82, 2.24) is 0 Å². The summed E-state index contributed by atoms with van der Waals surface area (Å²) in [5.41, 5.74) is 1.12. The van der Waals surface area contributed by atoms with Crippen molar-refractivity contribution in [3.8, 4) is 12.1 Å². The molecular formula is C12H16N2. The number of rotatable bonds is 2. The Morgan fingerprint density at radius 2 is 1.93 bits per heavy atom. The molecule has 3 unspecified atom stereocenters. The molecule has 0 N–H and O–H groups in total. The number of allylic oxidation sites excluding steroid dienone is 1. The van der Waals surface area contributed by atoms with Gasteiger partial charge in [-0.25, -0.2) is 0 Å². The molecule has 0 saturated heterocycles. The molecule has 0 radical (unpaired) electrons. The Morgan fingerprint density at radius 1 is 1.36 bits per heavy atom. The van der Waals surface area contributed by atoms with Crippen LogP contribution in [0.4, 0.5) is 0 Å². The summed E-state index contributed by atoms with van der Waals surface area (Å²) in [4.78, 5) is 0. The summed E-state index contributed by atoms with van der Waals surface area (Å²) in [6.07, 6.45) is 2.20. The second kappa shape index (κ2) is 4.29. The zero-order chi connectivity index (χ0) is 10.7. The Hall–Kier alpha value is -1.28. The summed E-state index contributed by atoms with van der Waals surface area (Å²) in [6.45, 7) is 8.09. The van der Waals surface area contributed by atoms with Gasteiger partial charge in [0.25, 0.3) is 0 Å². The Kier molecular flexibility index (Phi) is 3.31.